The molecule has 3 atom stereocenters. The molecule has 0 amide bonds. The van der Waals surface area contributed by atoms with Gasteiger partial charge in [0.15, 0.2) is 0 Å². The molecule has 3 unspecified atom stereocenters. The highest BCUT2D eigenvalue weighted by molar-refractivity contribution is 4.68. The first kappa shape index (κ1) is 10.3. The summed E-state index contributed by atoms with van der Waals surface area (Å²) in [5, 5.41) is 27.7. The summed E-state index contributed by atoms with van der Waals surface area (Å²) < 4.78 is 0. The van der Waals surface area contributed by atoms with Crippen LogP contribution in [-0.2, 0) is 0 Å². The Morgan fingerprint density at radius 2 is 2.00 bits per heavy atom. The molecule has 0 aliphatic rings. The van der Waals surface area contributed by atoms with Crippen LogP contribution >= 0.6 is 0 Å². The molecule has 0 rings (SSSR count). The van der Waals surface area contributed by atoms with Gasteiger partial charge in [-0.2, -0.15) is 0 Å². The van der Waals surface area contributed by atoms with Crippen molar-refractivity contribution in [3.63, 3.8) is 0 Å². The fourth-order valence-corrected chi connectivity index (χ4v) is 0.746. The second-order valence-corrected chi connectivity index (χ2v) is 2.63. The zero-order chi connectivity index (χ0) is 9.02. The number of aliphatic hydroxyl groups is 2. The van der Waals surface area contributed by atoms with Crippen molar-refractivity contribution in [2.45, 2.75) is 26.0 Å². The van der Waals surface area contributed by atoms with E-state index in [4.69, 9.17) is 10.2 Å². The monoisotopic (exact) mass is 163 g/mol. The van der Waals surface area contributed by atoms with Crippen LogP contribution in [0.4, 0.5) is 0 Å². The summed E-state index contributed by atoms with van der Waals surface area (Å²) in [7, 11) is 0. The van der Waals surface area contributed by atoms with E-state index in [1.54, 1.807) is 0 Å². The van der Waals surface area contributed by atoms with Crippen molar-refractivity contribution in [2.75, 3.05) is 6.61 Å². The van der Waals surface area contributed by atoms with Crippen LogP contribution in [0.5, 0.6) is 0 Å². The number of nitrogens with zero attached hydrogens (tertiary/aromatic N) is 1. The first-order chi connectivity index (χ1) is 5.00. The van der Waals surface area contributed by atoms with Crippen molar-refractivity contribution in [1.29, 1.82) is 0 Å². The second kappa shape index (κ2) is 4.25. The Labute approximate surface area is 64.8 Å². The normalized spacial score (nSPS) is 18.9. The Bertz CT molecular complexity index is 137. The molecular formula is C6H13NO4. The average molecular weight is 163 g/mol. The highest BCUT2D eigenvalue weighted by Gasteiger charge is 2.30. The molecule has 5 heteroatoms. The molecule has 0 aromatic rings. The molecule has 0 saturated heterocycles. The molecule has 66 valence electrons. The van der Waals surface area contributed by atoms with E-state index in [9.17, 15) is 10.1 Å². The van der Waals surface area contributed by atoms with Gasteiger partial charge in [0.2, 0.25) is 6.04 Å². The number of hydrogen-bond acceptors (Lipinski definition) is 4. The van der Waals surface area contributed by atoms with Crippen LogP contribution in [-0.4, -0.2) is 33.9 Å². The standard InChI is InChI=1S/C6H13NO4/c1-4(5(2)9)6(3-8)7(10)11/h4-6,8-9H,3H2,1-2H3. The maximum atomic E-state index is 10.2. The van der Waals surface area contributed by atoms with E-state index in [1.165, 1.54) is 13.8 Å². The summed E-state index contributed by atoms with van der Waals surface area (Å²) >= 11 is 0. The van der Waals surface area contributed by atoms with Gasteiger partial charge >= 0.3 is 0 Å². The van der Waals surface area contributed by atoms with Crippen LogP contribution in [0, 0.1) is 16.0 Å². The molecule has 0 aromatic carbocycles. The zero-order valence-electron chi connectivity index (χ0n) is 6.60. The van der Waals surface area contributed by atoms with E-state index in [2.05, 4.69) is 0 Å². The molecule has 0 bridgehead atoms. The first-order valence-electron chi connectivity index (χ1n) is 3.43. The molecule has 0 fully saturated rings. The Balaban J connectivity index is 4.14. The summed E-state index contributed by atoms with van der Waals surface area (Å²) in [6.45, 7) is 2.48. The van der Waals surface area contributed by atoms with Gasteiger partial charge in [-0.1, -0.05) is 6.92 Å². The molecule has 0 aliphatic carbocycles. The third-order valence-electron chi connectivity index (χ3n) is 1.83. The number of aliphatic hydroxyl groups excluding tert-OH is 2. The molecule has 11 heavy (non-hydrogen) atoms. The van der Waals surface area contributed by atoms with E-state index >= 15 is 0 Å². The Kier molecular flexibility index (Phi) is 3.99. The van der Waals surface area contributed by atoms with Gasteiger partial charge in [0.05, 0.1) is 12.0 Å². The van der Waals surface area contributed by atoms with Gasteiger partial charge in [0, 0.05) is 4.92 Å². The van der Waals surface area contributed by atoms with Crippen LogP contribution in [0.1, 0.15) is 13.8 Å². The lowest BCUT2D eigenvalue weighted by Crippen LogP contribution is -2.36. The largest absolute Gasteiger partial charge is 0.393 e. The average Bonchev–Trinajstić information content (AvgIpc) is 1.88. The summed E-state index contributed by atoms with van der Waals surface area (Å²) in [6.07, 6.45) is -0.766. The number of rotatable bonds is 4. The van der Waals surface area contributed by atoms with Crippen molar-refractivity contribution in [3.8, 4) is 0 Å². The third-order valence-corrected chi connectivity index (χ3v) is 1.83. The van der Waals surface area contributed by atoms with Crippen LogP contribution < -0.4 is 0 Å². The van der Waals surface area contributed by atoms with E-state index in [0.29, 0.717) is 0 Å². The van der Waals surface area contributed by atoms with Gasteiger partial charge in [-0.05, 0) is 6.92 Å². The highest BCUT2D eigenvalue weighted by atomic mass is 16.6. The van der Waals surface area contributed by atoms with Gasteiger partial charge in [-0.25, -0.2) is 0 Å². The maximum Gasteiger partial charge on any atom is 0.240 e. The van der Waals surface area contributed by atoms with Gasteiger partial charge in [-0.3, -0.25) is 10.1 Å². The minimum atomic E-state index is -1.06. The topological polar surface area (TPSA) is 83.6 Å². The summed E-state index contributed by atoms with van der Waals surface area (Å²) in [5.74, 6) is -0.519. The fourth-order valence-electron chi connectivity index (χ4n) is 0.746. The minimum Gasteiger partial charge on any atom is -0.393 e. The summed E-state index contributed by atoms with van der Waals surface area (Å²) in [5.41, 5.74) is 0. The predicted molar refractivity (Wildman–Crippen MR) is 38.7 cm³/mol. The lowest BCUT2D eigenvalue weighted by molar-refractivity contribution is -0.536. The lowest BCUT2D eigenvalue weighted by Gasteiger charge is -2.16. The Morgan fingerprint density at radius 1 is 1.55 bits per heavy atom. The molecular weight excluding hydrogens is 150 g/mol. The van der Waals surface area contributed by atoms with Crippen molar-refractivity contribution in [3.05, 3.63) is 10.1 Å². The van der Waals surface area contributed by atoms with Crippen molar-refractivity contribution < 1.29 is 15.1 Å². The van der Waals surface area contributed by atoms with Gasteiger partial charge in [0.1, 0.15) is 6.61 Å². The van der Waals surface area contributed by atoms with E-state index < -0.39 is 29.6 Å². The summed E-state index contributed by atoms with van der Waals surface area (Å²) in [6, 6.07) is -1.06. The maximum absolute atomic E-state index is 10.2. The molecule has 0 spiro atoms. The van der Waals surface area contributed by atoms with E-state index in [-0.39, 0.29) is 0 Å². The quantitative estimate of drug-likeness (QED) is 0.438. The summed E-state index contributed by atoms with van der Waals surface area (Å²) in [4.78, 5) is 9.64. The first-order valence-corrected chi connectivity index (χ1v) is 3.43. The number of nitro groups is 1. The second-order valence-electron chi connectivity index (χ2n) is 2.63. The lowest BCUT2D eigenvalue weighted by atomic mass is 9.98. The van der Waals surface area contributed by atoms with Crippen LogP contribution in [0.15, 0.2) is 0 Å². The van der Waals surface area contributed by atoms with E-state index in [1.807, 2.05) is 0 Å². The molecule has 0 saturated carbocycles. The smallest absolute Gasteiger partial charge is 0.240 e. The zero-order valence-corrected chi connectivity index (χ0v) is 6.60. The molecule has 5 nitrogen and oxygen atoms in total. The predicted octanol–water partition coefficient (Wildman–Crippen LogP) is -0.359. The Morgan fingerprint density at radius 3 is 2.09 bits per heavy atom. The van der Waals surface area contributed by atoms with Gasteiger partial charge < -0.3 is 10.2 Å². The van der Waals surface area contributed by atoms with Crippen LogP contribution in [0.2, 0.25) is 0 Å². The van der Waals surface area contributed by atoms with E-state index in [0.717, 1.165) is 0 Å². The van der Waals surface area contributed by atoms with Gasteiger partial charge in [0.25, 0.3) is 0 Å². The SMILES string of the molecule is CC(O)C(C)C(CO)[N+](=O)[O-]. The van der Waals surface area contributed by atoms with Crippen molar-refractivity contribution >= 4 is 0 Å². The number of hydrogen-bond donors (Lipinski definition) is 2. The van der Waals surface area contributed by atoms with Crippen molar-refractivity contribution in [2.24, 2.45) is 5.92 Å². The van der Waals surface area contributed by atoms with Crippen LogP contribution in [0.3, 0.4) is 0 Å². The molecule has 0 aromatic heterocycles. The van der Waals surface area contributed by atoms with Crippen molar-refractivity contribution in [1.82, 2.24) is 0 Å². The molecule has 0 heterocycles. The third kappa shape index (κ3) is 2.81. The van der Waals surface area contributed by atoms with Gasteiger partial charge in [-0.15, -0.1) is 0 Å². The highest BCUT2D eigenvalue weighted by Crippen LogP contribution is 2.10. The van der Waals surface area contributed by atoms with Crippen LogP contribution in [0.25, 0.3) is 0 Å². The minimum absolute atomic E-state index is 0.519. The molecule has 0 radical (unpaired) electrons. The fraction of sp³-hybridized carbons (Fsp3) is 1.00. The molecule has 0 aliphatic heterocycles. The Hall–Kier alpha value is -0.680. The molecule has 2 N–H and O–H groups in total.